The zero-order valence-corrected chi connectivity index (χ0v) is 13.5. The van der Waals surface area contributed by atoms with Gasteiger partial charge in [-0.3, -0.25) is 0 Å². The molecule has 0 spiro atoms. The second-order valence-corrected chi connectivity index (χ2v) is 7.91. The predicted octanol–water partition coefficient (Wildman–Crippen LogP) is 2.42. The van der Waals surface area contributed by atoms with E-state index >= 15 is 0 Å². The molecule has 1 aromatic heterocycles. The Labute approximate surface area is 132 Å². The summed E-state index contributed by atoms with van der Waals surface area (Å²) in [5.41, 5.74) is 0.571. The Hall–Kier alpha value is -1.12. The van der Waals surface area contributed by atoms with Crippen LogP contribution in [0.2, 0.25) is 4.34 Å². The molecule has 1 atom stereocenters. The maximum absolute atomic E-state index is 12.0. The van der Waals surface area contributed by atoms with E-state index in [1.165, 1.54) is 19.2 Å². The molecule has 1 heterocycles. The number of nitrogens with one attached hydrogen (secondary N) is 1. The molecule has 0 saturated heterocycles. The van der Waals surface area contributed by atoms with Crippen molar-refractivity contribution in [3.63, 3.8) is 0 Å². The first-order valence-electron chi connectivity index (χ1n) is 5.99. The van der Waals surface area contributed by atoms with E-state index in [9.17, 15) is 13.5 Å². The Morgan fingerprint density at radius 3 is 2.76 bits per heavy atom. The van der Waals surface area contributed by atoms with Crippen LogP contribution in [-0.2, 0) is 10.0 Å². The molecular formula is C13H14ClNO4S2. The van der Waals surface area contributed by atoms with Gasteiger partial charge in [-0.1, -0.05) is 23.7 Å². The molecule has 0 fully saturated rings. The van der Waals surface area contributed by atoms with Crippen LogP contribution < -0.4 is 9.46 Å². The van der Waals surface area contributed by atoms with Crippen LogP contribution in [0.3, 0.4) is 0 Å². The van der Waals surface area contributed by atoms with Crippen LogP contribution in [-0.4, -0.2) is 27.2 Å². The van der Waals surface area contributed by atoms with Gasteiger partial charge in [-0.05, 0) is 29.8 Å². The highest BCUT2D eigenvalue weighted by Gasteiger charge is 2.18. The maximum atomic E-state index is 12.0. The van der Waals surface area contributed by atoms with Crippen molar-refractivity contribution in [2.75, 3.05) is 13.7 Å². The summed E-state index contributed by atoms with van der Waals surface area (Å²) in [5.74, 6) is 0.597. The summed E-state index contributed by atoms with van der Waals surface area (Å²) in [6.07, 6.45) is -0.967. The zero-order valence-electron chi connectivity index (χ0n) is 11.1. The standard InChI is InChI=1S/C13H14ClNO4S2/c1-19-10-4-2-3-9(7-10)11(16)8-15-21(17,18)13-6-5-12(14)20-13/h2-7,11,15-16H,8H2,1H3. The number of hydrogen-bond acceptors (Lipinski definition) is 5. The lowest BCUT2D eigenvalue weighted by Crippen LogP contribution is -2.28. The molecule has 8 heteroatoms. The normalized spacial score (nSPS) is 13.1. The van der Waals surface area contributed by atoms with Gasteiger partial charge in [-0.2, -0.15) is 0 Å². The Balaban J connectivity index is 2.05. The van der Waals surface area contributed by atoms with E-state index < -0.39 is 16.1 Å². The van der Waals surface area contributed by atoms with Crippen molar-refractivity contribution in [3.05, 3.63) is 46.3 Å². The van der Waals surface area contributed by atoms with Crippen LogP contribution in [0.25, 0.3) is 0 Å². The van der Waals surface area contributed by atoms with Crippen molar-refractivity contribution < 1.29 is 18.3 Å². The molecule has 0 saturated carbocycles. The van der Waals surface area contributed by atoms with E-state index in [4.69, 9.17) is 16.3 Å². The van der Waals surface area contributed by atoms with Crippen LogP contribution in [0.15, 0.2) is 40.6 Å². The molecule has 0 amide bonds. The Morgan fingerprint density at radius 2 is 2.14 bits per heavy atom. The van der Waals surface area contributed by atoms with Crippen molar-refractivity contribution in [2.45, 2.75) is 10.3 Å². The summed E-state index contributed by atoms with van der Waals surface area (Å²) < 4.78 is 31.9. The lowest BCUT2D eigenvalue weighted by molar-refractivity contribution is 0.181. The van der Waals surface area contributed by atoms with Gasteiger partial charge in [-0.15, -0.1) is 11.3 Å². The summed E-state index contributed by atoms with van der Waals surface area (Å²) in [7, 11) is -2.14. The number of halogens is 1. The van der Waals surface area contributed by atoms with Gasteiger partial charge in [0, 0.05) is 6.54 Å². The second-order valence-electron chi connectivity index (χ2n) is 4.20. The number of aliphatic hydroxyl groups excluding tert-OH is 1. The summed E-state index contributed by atoms with van der Waals surface area (Å²) in [6.45, 7) is -0.134. The molecule has 0 aliphatic carbocycles. The lowest BCUT2D eigenvalue weighted by atomic mass is 10.1. The third-order valence-electron chi connectivity index (χ3n) is 2.76. The number of sulfonamides is 1. The Kier molecular flexibility index (Phi) is 5.23. The molecule has 114 valence electrons. The second kappa shape index (κ2) is 6.76. The first-order valence-corrected chi connectivity index (χ1v) is 8.67. The minimum Gasteiger partial charge on any atom is -0.497 e. The van der Waals surface area contributed by atoms with Gasteiger partial charge >= 0.3 is 0 Å². The lowest BCUT2D eigenvalue weighted by Gasteiger charge is -2.13. The molecular weight excluding hydrogens is 334 g/mol. The zero-order chi connectivity index (χ0) is 15.5. The van der Waals surface area contributed by atoms with E-state index in [2.05, 4.69) is 4.72 Å². The van der Waals surface area contributed by atoms with Gasteiger partial charge in [0.05, 0.1) is 17.6 Å². The van der Waals surface area contributed by atoms with Crippen molar-refractivity contribution in [1.29, 1.82) is 0 Å². The van der Waals surface area contributed by atoms with Gasteiger partial charge in [-0.25, -0.2) is 13.1 Å². The Morgan fingerprint density at radius 1 is 1.38 bits per heavy atom. The summed E-state index contributed by atoms with van der Waals surface area (Å²) in [5, 5.41) is 10.1. The highest BCUT2D eigenvalue weighted by Crippen LogP contribution is 2.25. The van der Waals surface area contributed by atoms with E-state index in [-0.39, 0.29) is 10.8 Å². The topological polar surface area (TPSA) is 75.6 Å². The first kappa shape index (κ1) is 16.3. The van der Waals surface area contributed by atoms with Crippen LogP contribution in [0.4, 0.5) is 0 Å². The maximum Gasteiger partial charge on any atom is 0.250 e. The van der Waals surface area contributed by atoms with E-state index in [0.717, 1.165) is 11.3 Å². The number of methoxy groups -OCH3 is 1. The van der Waals surface area contributed by atoms with Gasteiger partial charge in [0.1, 0.15) is 9.96 Å². The summed E-state index contributed by atoms with van der Waals surface area (Å²) >= 11 is 6.68. The molecule has 2 N–H and O–H groups in total. The molecule has 2 rings (SSSR count). The minimum absolute atomic E-state index is 0.116. The van der Waals surface area contributed by atoms with Crippen molar-refractivity contribution in [2.24, 2.45) is 0 Å². The highest BCUT2D eigenvalue weighted by molar-refractivity contribution is 7.91. The smallest absolute Gasteiger partial charge is 0.250 e. The molecule has 21 heavy (non-hydrogen) atoms. The number of ether oxygens (including phenoxy) is 1. The van der Waals surface area contributed by atoms with Crippen molar-refractivity contribution >= 4 is 33.0 Å². The van der Waals surface area contributed by atoms with E-state index in [0.29, 0.717) is 15.6 Å². The molecule has 0 aliphatic heterocycles. The SMILES string of the molecule is COc1cccc(C(O)CNS(=O)(=O)c2ccc(Cl)s2)c1. The third-order valence-corrected chi connectivity index (χ3v) is 5.91. The fourth-order valence-corrected chi connectivity index (χ4v) is 4.23. The van der Waals surface area contributed by atoms with Gasteiger partial charge in [0.15, 0.2) is 0 Å². The van der Waals surface area contributed by atoms with Crippen LogP contribution in [0.5, 0.6) is 5.75 Å². The van der Waals surface area contributed by atoms with Crippen molar-refractivity contribution in [1.82, 2.24) is 4.72 Å². The molecule has 0 radical (unpaired) electrons. The number of rotatable bonds is 6. The average molecular weight is 348 g/mol. The van der Waals surface area contributed by atoms with Crippen LogP contribution >= 0.6 is 22.9 Å². The molecule has 0 aliphatic rings. The van der Waals surface area contributed by atoms with Gasteiger partial charge < -0.3 is 9.84 Å². The fourth-order valence-electron chi connectivity index (χ4n) is 1.67. The molecule has 1 aromatic carbocycles. The van der Waals surface area contributed by atoms with Crippen LogP contribution in [0.1, 0.15) is 11.7 Å². The summed E-state index contributed by atoms with van der Waals surface area (Å²) in [4.78, 5) is 0. The number of aliphatic hydroxyl groups is 1. The quantitative estimate of drug-likeness (QED) is 0.841. The summed E-state index contributed by atoms with van der Waals surface area (Å²) in [6, 6.07) is 9.76. The van der Waals surface area contributed by atoms with Gasteiger partial charge in [0.2, 0.25) is 10.0 Å². The number of thiophene rings is 1. The third kappa shape index (κ3) is 4.18. The highest BCUT2D eigenvalue weighted by atomic mass is 35.5. The predicted molar refractivity (Wildman–Crippen MR) is 82.5 cm³/mol. The largest absolute Gasteiger partial charge is 0.497 e. The fraction of sp³-hybridized carbons (Fsp3) is 0.231. The average Bonchev–Trinajstić information content (AvgIpc) is 2.92. The number of hydrogen-bond donors (Lipinski definition) is 2. The molecule has 0 bridgehead atoms. The Bertz CT molecular complexity index is 714. The monoisotopic (exact) mass is 347 g/mol. The molecule has 1 unspecified atom stereocenters. The van der Waals surface area contributed by atoms with E-state index in [1.54, 1.807) is 24.3 Å². The van der Waals surface area contributed by atoms with Crippen LogP contribution in [0, 0.1) is 0 Å². The minimum atomic E-state index is -3.67. The molecule has 5 nitrogen and oxygen atoms in total. The van der Waals surface area contributed by atoms with E-state index in [1.807, 2.05) is 0 Å². The van der Waals surface area contributed by atoms with Gasteiger partial charge in [0.25, 0.3) is 0 Å². The number of benzene rings is 1. The first-order chi connectivity index (χ1) is 9.92. The van der Waals surface area contributed by atoms with Crippen molar-refractivity contribution in [3.8, 4) is 5.75 Å². The molecule has 2 aromatic rings.